The smallest absolute Gasteiger partial charge is 0.333 e. The van der Waals surface area contributed by atoms with E-state index in [1.165, 1.54) is 6.20 Å². The number of halogens is 1. The van der Waals surface area contributed by atoms with Crippen LogP contribution < -0.4 is 5.73 Å². The van der Waals surface area contributed by atoms with Gasteiger partial charge in [-0.2, -0.15) is 0 Å². The molecule has 0 aliphatic rings. The molecule has 1 radical (unpaired) electrons. The van der Waals surface area contributed by atoms with Crippen LogP contribution in [0.1, 0.15) is 34.6 Å². The molecule has 0 aromatic heterocycles. The van der Waals surface area contributed by atoms with Gasteiger partial charge >= 0.3 is 7.48 Å². The van der Waals surface area contributed by atoms with Crippen LogP contribution in [0.25, 0.3) is 0 Å². The van der Waals surface area contributed by atoms with E-state index in [0.717, 1.165) is 5.47 Å². The maximum atomic E-state index is 5.71. The SMILES string of the molecule is CC(C)(C)C(C)(C)O[B]C(C=NBr)=CN. The van der Waals surface area contributed by atoms with Crippen LogP contribution in [-0.4, -0.2) is 19.3 Å². The molecule has 0 aliphatic heterocycles. The second-order valence-electron chi connectivity index (χ2n) is 4.89. The van der Waals surface area contributed by atoms with Crippen molar-refractivity contribution in [3.63, 3.8) is 0 Å². The number of hydrogen-bond donors (Lipinski definition) is 1. The highest BCUT2D eigenvalue weighted by atomic mass is 79.9. The molecule has 0 aromatic carbocycles. The van der Waals surface area contributed by atoms with Gasteiger partial charge in [0, 0.05) is 6.21 Å². The molecular weight excluding hydrogens is 255 g/mol. The van der Waals surface area contributed by atoms with Gasteiger partial charge in [0.05, 0.1) is 21.7 Å². The zero-order valence-electron chi connectivity index (χ0n) is 10.0. The minimum Gasteiger partial charge on any atom is -0.429 e. The van der Waals surface area contributed by atoms with Crippen molar-refractivity contribution in [2.24, 2.45) is 15.2 Å². The Morgan fingerprint density at radius 1 is 1.33 bits per heavy atom. The summed E-state index contributed by atoms with van der Waals surface area (Å²) in [5.74, 6) is 0. The van der Waals surface area contributed by atoms with E-state index in [9.17, 15) is 0 Å². The largest absolute Gasteiger partial charge is 0.429 e. The minimum atomic E-state index is -0.262. The summed E-state index contributed by atoms with van der Waals surface area (Å²) in [5, 5.41) is 0. The lowest BCUT2D eigenvalue weighted by Gasteiger charge is -2.39. The van der Waals surface area contributed by atoms with Gasteiger partial charge in [0.1, 0.15) is 0 Å². The fourth-order valence-electron chi connectivity index (χ4n) is 0.561. The minimum absolute atomic E-state index is 0.0504. The van der Waals surface area contributed by atoms with Gasteiger partial charge in [-0.1, -0.05) is 20.8 Å². The summed E-state index contributed by atoms with van der Waals surface area (Å²) in [5.41, 5.74) is 5.93. The lowest BCUT2D eigenvalue weighted by Crippen LogP contribution is -2.41. The van der Waals surface area contributed by atoms with Crippen molar-refractivity contribution in [2.45, 2.75) is 40.2 Å². The standard InChI is InChI=1S/C10H19BBrN2O/c1-9(2,3)10(4,5)15-11-8(6-13)7-14-12/h6-7H,13H2,1-5H3. The second-order valence-corrected chi connectivity index (χ2v) is 5.30. The van der Waals surface area contributed by atoms with Gasteiger partial charge in [-0.05, 0) is 30.9 Å². The van der Waals surface area contributed by atoms with Crippen molar-refractivity contribution in [3.05, 3.63) is 11.7 Å². The quantitative estimate of drug-likeness (QED) is 0.632. The lowest BCUT2D eigenvalue weighted by molar-refractivity contribution is 0.00456. The van der Waals surface area contributed by atoms with Crippen LogP contribution in [0.4, 0.5) is 0 Å². The summed E-state index contributed by atoms with van der Waals surface area (Å²) in [6, 6.07) is 0. The van der Waals surface area contributed by atoms with E-state index in [1.807, 2.05) is 13.8 Å². The van der Waals surface area contributed by atoms with E-state index in [4.69, 9.17) is 10.4 Å². The molecule has 0 unspecified atom stereocenters. The number of nitrogens with two attached hydrogens (primary N) is 1. The first-order valence-corrected chi connectivity index (χ1v) is 5.53. The molecular formula is C10H19BBrN2O. The average molecular weight is 274 g/mol. The third kappa shape index (κ3) is 4.84. The second kappa shape index (κ2) is 5.70. The summed E-state index contributed by atoms with van der Waals surface area (Å²) in [7, 11) is 1.62. The van der Waals surface area contributed by atoms with E-state index < -0.39 is 0 Å². The Bertz CT molecular complexity index is 257. The monoisotopic (exact) mass is 273 g/mol. The molecule has 0 atom stereocenters. The van der Waals surface area contributed by atoms with E-state index in [0.29, 0.717) is 0 Å². The highest BCUT2D eigenvalue weighted by Gasteiger charge is 2.33. The van der Waals surface area contributed by atoms with Gasteiger partial charge in [0.2, 0.25) is 0 Å². The van der Waals surface area contributed by atoms with Crippen LogP contribution >= 0.6 is 16.1 Å². The molecule has 0 fully saturated rings. The molecule has 85 valence electrons. The summed E-state index contributed by atoms with van der Waals surface area (Å²) in [4.78, 5) is 0. The zero-order chi connectivity index (χ0) is 12.1. The van der Waals surface area contributed by atoms with Gasteiger partial charge in [0.25, 0.3) is 0 Å². The number of allylic oxidation sites excluding steroid dienone is 1. The van der Waals surface area contributed by atoms with Crippen LogP contribution in [-0.2, 0) is 4.65 Å². The molecule has 2 N–H and O–H groups in total. The topological polar surface area (TPSA) is 47.6 Å². The molecule has 0 saturated heterocycles. The summed E-state index contributed by atoms with van der Waals surface area (Å²) in [6.45, 7) is 10.5. The molecule has 0 aliphatic carbocycles. The lowest BCUT2D eigenvalue weighted by atomic mass is 9.76. The molecule has 0 heterocycles. The molecule has 0 aromatic rings. The van der Waals surface area contributed by atoms with Crippen LogP contribution in [0.5, 0.6) is 0 Å². The first-order chi connectivity index (χ1) is 6.74. The summed E-state index contributed by atoms with van der Waals surface area (Å²) >= 11 is 2.95. The Labute approximate surface area is 102 Å². The third-order valence-corrected chi connectivity index (χ3v) is 2.89. The van der Waals surface area contributed by atoms with E-state index in [1.54, 1.807) is 13.7 Å². The third-order valence-electron chi connectivity index (χ3n) is 2.69. The Morgan fingerprint density at radius 3 is 2.20 bits per heavy atom. The van der Waals surface area contributed by atoms with Crippen molar-refractivity contribution in [2.75, 3.05) is 0 Å². The van der Waals surface area contributed by atoms with Crippen LogP contribution in [0.15, 0.2) is 15.7 Å². The maximum absolute atomic E-state index is 5.71. The molecule has 0 spiro atoms. The van der Waals surface area contributed by atoms with Gasteiger partial charge in [-0.3, -0.25) is 0 Å². The summed E-state index contributed by atoms with van der Waals surface area (Å²) < 4.78 is 9.41. The molecule has 5 heteroatoms. The Balaban J connectivity index is 4.39. The zero-order valence-corrected chi connectivity index (χ0v) is 11.6. The van der Waals surface area contributed by atoms with Gasteiger partial charge < -0.3 is 10.4 Å². The number of nitrogens with zero attached hydrogens (tertiary/aromatic N) is 1. The molecule has 0 amide bonds. The van der Waals surface area contributed by atoms with Crippen molar-refractivity contribution >= 4 is 29.8 Å². The van der Waals surface area contributed by atoms with E-state index in [2.05, 4.69) is 40.9 Å². The fraction of sp³-hybridized carbons (Fsp3) is 0.700. The highest BCUT2D eigenvalue weighted by Crippen LogP contribution is 2.32. The highest BCUT2D eigenvalue weighted by molar-refractivity contribution is 9.08. The maximum Gasteiger partial charge on any atom is 0.333 e. The predicted molar refractivity (Wildman–Crippen MR) is 70.1 cm³/mol. The van der Waals surface area contributed by atoms with Crippen molar-refractivity contribution in [3.8, 4) is 0 Å². The van der Waals surface area contributed by atoms with Crippen molar-refractivity contribution < 1.29 is 4.65 Å². The fourth-order valence-corrected chi connectivity index (χ4v) is 0.798. The first-order valence-electron chi connectivity index (χ1n) is 4.82. The molecule has 0 saturated carbocycles. The Kier molecular flexibility index (Phi) is 5.60. The molecule has 0 bridgehead atoms. The van der Waals surface area contributed by atoms with Crippen molar-refractivity contribution in [1.29, 1.82) is 0 Å². The Hall–Kier alpha value is -0.285. The van der Waals surface area contributed by atoms with Crippen LogP contribution in [0, 0.1) is 5.41 Å². The first kappa shape index (κ1) is 14.7. The van der Waals surface area contributed by atoms with Gasteiger partial charge in [-0.15, -0.1) is 0 Å². The van der Waals surface area contributed by atoms with Gasteiger partial charge in [0.15, 0.2) is 0 Å². The number of rotatable bonds is 4. The Morgan fingerprint density at radius 2 is 1.87 bits per heavy atom. The van der Waals surface area contributed by atoms with Crippen molar-refractivity contribution in [1.82, 2.24) is 0 Å². The molecule has 15 heavy (non-hydrogen) atoms. The normalized spacial score (nSPS) is 14.7. The predicted octanol–water partition coefficient (Wildman–Crippen LogP) is 2.63. The van der Waals surface area contributed by atoms with Gasteiger partial charge in [-0.25, -0.2) is 4.02 Å². The molecule has 0 rings (SSSR count). The van der Waals surface area contributed by atoms with E-state index in [-0.39, 0.29) is 11.0 Å². The number of hydrogen-bond acceptors (Lipinski definition) is 3. The average Bonchev–Trinajstić information content (AvgIpc) is 2.10. The van der Waals surface area contributed by atoms with Crippen LogP contribution in [0.2, 0.25) is 0 Å². The summed E-state index contributed by atoms with van der Waals surface area (Å²) in [6.07, 6.45) is 3.03. The van der Waals surface area contributed by atoms with E-state index >= 15 is 0 Å². The van der Waals surface area contributed by atoms with Crippen LogP contribution in [0.3, 0.4) is 0 Å². The molecule has 3 nitrogen and oxygen atoms in total.